The molecule has 1 aromatic heterocycles. The van der Waals surface area contributed by atoms with Crippen molar-refractivity contribution < 1.29 is 9.59 Å². The zero-order valence-corrected chi connectivity index (χ0v) is 13.4. The number of carbonyl (C=O) groups is 2. The summed E-state index contributed by atoms with van der Waals surface area (Å²) in [5.41, 5.74) is 0.870. The van der Waals surface area contributed by atoms with Gasteiger partial charge < -0.3 is 9.80 Å². The summed E-state index contributed by atoms with van der Waals surface area (Å²) in [5, 5.41) is 0. The van der Waals surface area contributed by atoms with Gasteiger partial charge in [0.1, 0.15) is 0 Å². The van der Waals surface area contributed by atoms with Gasteiger partial charge in [0, 0.05) is 72.3 Å². The molecule has 1 saturated heterocycles. The molecule has 1 aromatic rings. The monoisotopic (exact) mass is 305 g/mol. The molecule has 120 valence electrons. The lowest BCUT2D eigenvalue weighted by Crippen LogP contribution is -2.41. The molecule has 7 nitrogen and oxygen atoms in total. The average molecular weight is 305 g/mol. The second kappa shape index (κ2) is 7.31. The summed E-state index contributed by atoms with van der Waals surface area (Å²) >= 11 is 0. The molecule has 0 aliphatic carbocycles. The largest absolute Gasteiger partial charge is 0.348 e. The third-order valence-electron chi connectivity index (χ3n) is 3.84. The first-order valence-corrected chi connectivity index (χ1v) is 7.41. The van der Waals surface area contributed by atoms with Crippen LogP contribution in [-0.4, -0.2) is 76.8 Å². The fourth-order valence-electron chi connectivity index (χ4n) is 2.67. The SMILES string of the molecule is CC(=O)N1CCN(Cc2cnccn2)C[C@@H](C(=O)N(C)C)C1. The molecule has 0 saturated carbocycles. The highest BCUT2D eigenvalue weighted by Crippen LogP contribution is 2.14. The predicted molar refractivity (Wildman–Crippen MR) is 81.7 cm³/mol. The Bertz CT molecular complexity index is 520. The first kappa shape index (κ1) is 16.4. The van der Waals surface area contributed by atoms with E-state index in [2.05, 4.69) is 14.9 Å². The minimum absolute atomic E-state index is 0.0120. The van der Waals surface area contributed by atoms with Crippen molar-refractivity contribution >= 4 is 11.8 Å². The van der Waals surface area contributed by atoms with Gasteiger partial charge in [0.15, 0.2) is 0 Å². The first-order valence-electron chi connectivity index (χ1n) is 7.41. The lowest BCUT2D eigenvalue weighted by atomic mass is 10.1. The van der Waals surface area contributed by atoms with Crippen LogP contribution in [0.1, 0.15) is 12.6 Å². The third kappa shape index (κ3) is 4.24. The predicted octanol–water partition coefficient (Wildman–Crippen LogP) is -0.155. The summed E-state index contributed by atoms with van der Waals surface area (Å²) in [5.74, 6) is -0.145. The van der Waals surface area contributed by atoms with Crippen molar-refractivity contribution in [2.24, 2.45) is 5.92 Å². The van der Waals surface area contributed by atoms with Crippen molar-refractivity contribution in [2.45, 2.75) is 13.5 Å². The maximum absolute atomic E-state index is 12.4. The summed E-state index contributed by atoms with van der Waals surface area (Å²) in [6.07, 6.45) is 5.04. The van der Waals surface area contributed by atoms with E-state index in [4.69, 9.17) is 0 Å². The topological polar surface area (TPSA) is 69.6 Å². The summed E-state index contributed by atoms with van der Waals surface area (Å²) in [4.78, 5) is 37.9. The number of hydrogen-bond donors (Lipinski definition) is 0. The van der Waals surface area contributed by atoms with Crippen LogP contribution in [0.4, 0.5) is 0 Å². The third-order valence-corrected chi connectivity index (χ3v) is 3.84. The molecule has 7 heteroatoms. The molecule has 2 amide bonds. The van der Waals surface area contributed by atoms with Crippen molar-refractivity contribution in [3.63, 3.8) is 0 Å². The van der Waals surface area contributed by atoms with E-state index < -0.39 is 0 Å². The smallest absolute Gasteiger partial charge is 0.228 e. The minimum atomic E-state index is -0.210. The van der Waals surface area contributed by atoms with Gasteiger partial charge >= 0.3 is 0 Å². The Morgan fingerprint density at radius 1 is 1.27 bits per heavy atom. The molecule has 1 aliphatic heterocycles. The number of hydrogen-bond acceptors (Lipinski definition) is 5. The van der Waals surface area contributed by atoms with Crippen LogP contribution in [0.5, 0.6) is 0 Å². The Kier molecular flexibility index (Phi) is 5.43. The Balaban J connectivity index is 2.11. The number of rotatable bonds is 3. The van der Waals surface area contributed by atoms with Gasteiger partial charge in [0.2, 0.25) is 11.8 Å². The molecule has 0 spiro atoms. The van der Waals surface area contributed by atoms with Crippen LogP contribution in [0.15, 0.2) is 18.6 Å². The highest BCUT2D eigenvalue weighted by Gasteiger charge is 2.30. The van der Waals surface area contributed by atoms with Crippen molar-refractivity contribution in [3.8, 4) is 0 Å². The van der Waals surface area contributed by atoms with Crippen LogP contribution in [0, 0.1) is 5.92 Å². The summed E-state index contributed by atoms with van der Waals surface area (Å²) in [6, 6.07) is 0. The maximum Gasteiger partial charge on any atom is 0.228 e. The normalized spacial score (nSPS) is 19.6. The molecular weight excluding hydrogens is 282 g/mol. The van der Waals surface area contributed by atoms with E-state index in [1.54, 1.807) is 49.4 Å². The fourth-order valence-corrected chi connectivity index (χ4v) is 2.67. The average Bonchev–Trinajstić information content (AvgIpc) is 2.70. The van der Waals surface area contributed by atoms with Crippen LogP contribution in [0.2, 0.25) is 0 Å². The van der Waals surface area contributed by atoms with Gasteiger partial charge in [-0.15, -0.1) is 0 Å². The molecule has 1 fully saturated rings. The van der Waals surface area contributed by atoms with Crippen LogP contribution in [-0.2, 0) is 16.1 Å². The van der Waals surface area contributed by atoms with E-state index in [1.807, 2.05) is 0 Å². The van der Waals surface area contributed by atoms with Crippen molar-refractivity contribution in [3.05, 3.63) is 24.3 Å². The lowest BCUT2D eigenvalue weighted by molar-refractivity contribution is -0.135. The van der Waals surface area contributed by atoms with Gasteiger partial charge in [0.25, 0.3) is 0 Å². The van der Waals surface area contributed by atoms with Gasteiger partial charge in [0.05, 0.1) is 11.6 Å². The van der Waals surface area contributed by atoms with E-state index >= 15 is 0 Å². The molecule has 1 atom stereocenters. The minimum Gasteiger partial charge on any atom is -0.348 e. The zero-order chi connectivity index (χ0) is 16.1. The van der Waals surface area contributed by atoms with Crippen molar-refractivity contribution in [1.82, 2.24) is 24.7 Å². The summed E-state index contributed by atoms with van der Waals surface area (Å²) in [7, 11) is 3.50. The molecule has 1 aliphatic rings. The van der Waals surface area contributed by atoms with E-state index in [0.717, 1.165) is 12.2 Å². The van der Waals surface area contributed by atoms with E-state index in [1.165, 1.54) is 0 Å². The highest BCUT2D eigenvalue weighted by molar-refractivity contribution is 5.80. The van der Waals surface area contributed by atoms with Crippen molar-refractivity contribution in [2.75, 3.05) is 40.3 Å². The molecule has 0 unspecified atom stereocenters. The van der Waals surface area contributed by atoms with Gasteiger partial charge in [-0.3, -0.25) is 24.5 Å². The van der Waals surface area contributed by atoms with Crippen LogP contribution in [0.25, 0.3) is 0 Å². The summed E-state index contributed by atoms with van der Waals surface area (Å²) in [6.45, 7) is 4.65. The van der Waals surface area contributed by atoms with Crippen LogP contribution < -0.4 is 0 Å². The molecular formula is C15H23N5O2. The molecule has 0 radical (unpaired) electrons. The van der Waals surface area contributed by atoms with E-state index in [9.17, 15) is 9.59 Å². The maximum atomic E-state index is 12.4. The highest BCUT2D eigenvalue weighted by atomic mass is 16.2. The molecule has 0 aromatic carbocycles. The van der Waals surface area contributed by atoms with Crippen LogP contribution >= 0.6 is 0 Å². The molecule has 0 N–H and O–H groups in total. The molecule has 2 heterocycles. The number of nitrogens with zero attached hydrogens (tertiary/aromatic N) is 5. The Morgan fingerprint density at radius 2 is 2.05 bits per heavy atom. The molecule has 2 rings (SSSR count). The zero-order valence-electron chi connectivity index (χ0n) is 13.4. The van der Waals surface area contributed by atoms with Gasteiger partial charge in [-0.1, -0.05) is 0 Å². The quantitative estimate of drug-likeness (QED) is 0.776. The summed E-state index contributed by atoms with van der Waals surface area (Å²) < 4.78 is 0. The second-order valence-electron chi connectivity index (χ2n) is 5.83. The van der Waals surface area contributed by atoms with Gasteiger partial charge in [-0.2, -0.15) is 0 Å². The number of carbonyl (C=O) groups excluding carboxylic acids is 2. The van der Waals surface area contributed by atoms with Crippen molar-refractivity contribution in [1.29, 1.82) is 0 Å². The van der Waals surface area contributed by atoms with Gasteiger partial charge in [-0.25, -0.2) is 0 Å². The Hall–Kier alpha value is -2.02. The first-order chi connectivity index (χ1) is 10.5. The van der Waals surface area contributed by atoms with E-state index in [0.29, 0.717) is 26.2 Å². The lowest BCUT2D eigenvalue weighted by Gasteiger charge is -2.25. The molecule has 22 heavy (non-hydrogen) atoms. The number of aromatic nitrogens is 2. The van der Waals surface area contributed by atoms with Crippen LogP contribution in [0.3, 0.4) is 0 Å². The standard InChI is InChI=1S/C15H23N5O2/c1-12(21)20-7-6-19(11-14-8-16-4-5-17-14)9-13(10-20)15(22)18(2)3/h4-5,8,13H,6-7,9-11H2,1-3H3/t13-/m1/s1. The Labute approximate surface area is 130 Å². The fraction of sp³-hybridized carbons (Fsp3) is 0.600. The number of amides is 2. The van der Waals surface area contributed by atoms with E-state index in [-0.39, 0.29) is 17.7 Å². The second-order valence-corrected chi connectivity index (χ2v) is 5.83. The van der Waals surface area contributed by atoms with Gasteiger partial charge in [-0.05, 0) is 0 Å². The Morgan fingerprint density at radius 3 is 2.64 bits per heavy atom. The molecule has 0 bridgehead atoms.